The van der Waals surface area contributed by atoms with Crippen molar-refractivity contribution in [2.45, 2.75) is 26.4 Å². The van der Waals surface area contributed by atoms with Crippen LogP contribution in [0, 0.1) is 19.7 Å². The van der Waals surface area contributed by atoms with Crippen molar-refractivity contribution in [3.05, 3.63) is 100 Å². The van der Waals surface area contributed by atoms with Gasteiger partial charge in [-0.05, 0) is 54.8 Å². The minimum Gasteiger partial charge on any atom is -0.507 e. The number of ether oxygens (including phenoxy) is 1. The maximum Gasteiger partial charge on any atom is 0.295 e. The van der Waals surface area contributed by atoms with Crippen molar-refractivity contribution in [3.63, 3.8) is 0 Å². The van der Waals surface area contributed by atoms with E-state index in [9.17, 15) is 19.1 Å². The number of likely N-dealkylation sites (tertiary alicyclic amines) is 1. The molecule has 6 nitrogen and oxygen atoms in total. The van der Waals surface area contributed by atoms with Crippen LogP contribution in [0.4, 0.5) is 4.39 Å². The fourth-order valence-corrected chi connectivity index (χ4v) is 4.09. The Bertz CT molecular complexity index is 1270. The Morgan fingerprint density at radius 2 is 1.94 bits per heavy atom. The molecule has 1 unspecified atom stereocenters. The van der Waals surface area contributed by atoms with Crippen LogP contribution in [0.5, 0.6) is 5.75 Å². The minimum atomic E-state index is -0.897. The number of methoxy groups -OCH3 is 1. The maximum absolute atomic E-state index is 14.0. The first-order valence-corrected chi connectivity index (χ1v) is 10.4. The number of Topliss-reactive ketones (excluding diaryl/α,β-unsaturated/α-hetero) is 1. The van der Waals surface area contributed by atoms with E-state index in [1.165, 1.54) is 24.1 Å². The van der Waals surface area contributed by atoms with Gasteiger partial charge in [-0.2, -0.15) is 0 Å². The van der Waals surface area contributed by atoms with Gasteiger partial charge >= 0.3 is 0 Å². The van der Waals surface area contributed by atoms with Gasteiger partial charge in [0.1, 0.15) is 17.3 Å². The molecule has 33 heavy (non-hydrogen) atoms. The number of benzene rings is 2. The van der Waals surface area contributed by atoms with E-state index in [4.69, 9.17) is 4.74 Å². The Balaban J connectivity index is 1.91. The molecule has 0 spiro atoms. The van der Waals surface area contributed by atoms with Gasteiger partial charge in [-0.3, -0.25) is 14.6 Å². The number of aliphatic hydroxyl groups is 1. The number of ketones is 1. The number of amides is 1. The molecular formula is C26H23FN2O4. The Hall–Kier alpha value is -4.00. The van der Waals surface area contributed by atoms with Gasteiger partial charge < -0.3 is 14.7 Å². The summed E-state index contributed by atoms with van der Waals surface area (Å²) < 4.78 is 19.3. The first kappa shape index (κ1) is 22.2. The molecule has 0 saturated carbocycles. The summed E-state index contributed by atoms with van der Waals surface area (Å²) in [6.07, 6.45) is 3.12. The van der Waals surface area contributed by atoms with Crippen molar-refractivity contribution < 1.29 is 23.8 Å². The molecular weight excluding hydrogens is 423 g/mol. The lowest BCUT2D eigenvalue weighted by atomic mass is 9.95. The van der Waals surface area contributed by atoms with E-state index in [0.29, 0.717) is 5.56 Å². The van der Waals surface area contributed by atoms with Gasteiger partial charge in [0.2, 0.25) is 0 Å². The maximum atomic E-state index is 14.0. The summed E-state index contributed by atoms with van der Waals surface area (Å²) in [7, 11) is 1.38. The second-order valence-corrected chi connectivity index (χ2v) is 7.99. The number of nitrogens with zero attached hydrogens (tertiary/aromatic N) is 2. The van der Waals surface area contributed by atoms with Crippen LogP contribution < -0.4 is 4.74 Å². The first-order chi connectivity index (χ1) is 15.8. The average Bonchev–Trinajstić information content (AvgIpc) is 3.06. The molecule has 1 aliphatic heterocycles. The van der Waals surface area contributed by atoms with Crippen LogP contribution in [0.25, 0.3) is 5.76 Å². The van der Waals surface area contributed by atoms with Gasteiger partial charge in [0.25, 0.3) is 11.7 Å². The van der Waals surface area contributed by atoms with Gasteiger partial charge in [-0.25, -0.2) is 4.39 Å². The zero-order valence-electron chi connectivity index (χ0n) is 18.5. The zero-order chi connectivity index (χ0) is 23.7. The highest BCUT2D eigenvalue weighted by Crippen LogP contribution is 2.41. The highest BCUT2D eigenvalue weighted by Gasteiger charge is 2.46. The summed E-state index contributed by atoms with van der Waals surface area (Å²) in [5, 5.41) is 11.2. The smallest absolute Gasteiger partial charge is 0.295 e. The molecule has 2 heterocycles. The van der Waals surface area contributed by atoms with E-state index < -0.39 is 29.3 Å². The summed E-state index contributed by atoms with van der Waals surface area (Å²) in [6.45, 7) is 4.04. The quantitative estimate of drug-likeness (QED) is 0.355. The molecule has 1 aromatic heterocycles. The molecule has 7 heteroatoms. The minimum absolute atomic E-state index is 0.00359. The predicted octanol–water partition coefficient (Wildman–Crippen LogP) is 4.47. The zero-order valence-corrected chi connectivity index (χ0v) is 18.5. The second-order valence-electron chi connectivity index (χ2n) is 7.99. The SMILES string of the molecule is COc1ccc(F)cc1/C(O)=C1\C(=O)C(=O)N(Cc2cc(C)ccc2C)C1c1cccnc1. The van der Waals surface area contributed by atoms with Crippen LogP contribution in [0.2, 0.25) is 0 Å². The molecule has 1 fully saturated rings. The summed E-state index contributed by atoms with van der Waals surface area (Å²) in [6, 6.07) is 12.0. The number of aliphatic hydroxyl groups excluding tert-OH is 1. The fraction of sp³-hybridized carbons (Fsp3) is 0.192. The van der Waals surface area contributed by atoms with Gasteiger partial charge in [-0.1, -0.05) is 29.8 Å². The van der Waals surface area contributed by atoms with Crippen molar-refractivity contribution in [1.29, 1.82) is 0 Å². The number of carbonyl (C=O) groups is 2. The highest BCUT2D eigenvalue weighted by atomic mass is 19.1. The topological polar surface area (TPSA) is 79.7 Å². The lowest BCUT2D eigenvalue weighted by Gasteiger charge is -2.26. The molecule has 168 valence electrons. The average molecular weight is 446 g/mol. The molecule has 3 aromatic rings. The monoisotopic (exact) mass is 446 g/mol. The predicted molar refractivity (Wildman–Crippen MR) is 121 cm³/mol. The molecule has 1 aliphatic rings. The second kappa shape index (κ2) is 8.86. The number of rotatable bonds is 5. The van der Waals surface area contributed by atoms with Crippen molar-refractivity contribution in [1.82, 2.24) is 9.88 Å². The number of carbonyl (C=O) groups excluding carboxylic acids is 2. The number of aromatic nitrogens is 1. The van der Waals surface area contributed by atoms with Crippen molar-refractivity contribution >= 4 is 17.4 Å². The lowest BCUT2D eigenvalue weighted by molar-refractivity contribution is -0.140. The Labute approximate surface area is 191 Å². The standard InChI is InChI=1S/C26H23FN2O4/c1-15-6-7-16(2)18(11-15)14-29-23(17-5-4-10-28-13-17)22(25(31)26(29)32)24(30)20-12-19(27)8-9-21(20)33-3/h4-13,23,30H,14H2,1-3H3/b24-22+. The van der Waals surface area contributed by atoms with Crippen LogP contribution in [-0.4, -0.2) is 33.8 Å². The number of aryl methyl sites for hydroxylation is 2. The van der Waals surface area contributed by atoms with Crippen LogP contribution in [0.3, 0.4) is 0 Å². The number of hydrogen-bond acceptors (Lipinski definition) is 5. The number of pyridine rings is 1. The molecule has 2 aromatic carbocycles. The fourth-order valence-electron chi connectivity index (χ4n) is 4.09. The Morgan fingerprint density at radius 3 is 2.64 bits per heavy atom. The van der Waals surface area contributed by atoms with Crippen LogP contribution >= 0.6 is 0 Å². The van der Waals surface area contributed by atoms with E-state index in [0.717, 1.165) is 22.8 Å². The van der Waals surface area contributed by atoms with E-state index in [1.54, 1.807) is 24.5 Å². The van der Waals surface area contributed by atoms with Gasteiger partial charge in [-0.15, -0.1) is 0 Å². The van der Waals surface area contributed by atoms with E-state index in [2.05, 4.69) is 4.98 Å². The van der Waals surface area contributed by atoms with Crippen molar-refractivity contribution in [2.24, 2.45) is 0 Å². The van der Waals surface area contributed by atoms with Crippen LogP contribution in [0.15, 0.2) is 66.5 Å². The highest BCUT2D eigenvalue weighted by molar-refractivity contribution is 6.46. The Kier molecular flexibility index (Phi) is 5.96. The molecule has 1 atom stereocenters. The van der Waals surface area contributed by atoms with Gasteiger partial charge in [0, 0.05) is 18.9 Å². The Morgan fingerprint density at radius 1 is 1.15 bits per heavy atom. The molecule has 1 saturated heterocycles. The largest absolute Gasteiger partial charge is 0.507 e. The molecule has 1 amide bonds. The van der Waals surface area contributed by atoms with E-state index in [1.807, 2.05) is 32.0 Å². The first-order valence-electron chi connectivity index (χ1n) is 10.4. The molecule has 0 bridgehead atoms. The lowest BCUT2D eigenvalue weighted by Crippen LogP contribution is -2.29. The summed E-state index contributed by atoms with van der Waals surface area (Å²) >= 11 is 0. The van der Waals surface area contributed by atoms with Crippen molar-refractivity contribution in [3.8, 4) is 5.75 Å². The third kappa shape index (κ3) is 4.09. The number of hydrogen-bond donors (Lipinski definition) is 1. The normalized spacial score (nSPS) is 17.5. The summed E-state index contributed by atoms with van der Waals surface area (Å²) in [5.74, 6) is -2.53. The van der Waals surface area contributed by atoms with Gasteiger partial charge in [0.15, 0.2) is 0 Å². The molecule has 4 rings (SSSR count). The van der Waals surface area contributed by atoms with Crippen LogP contribution in [-0.2, 0) is 16.1 Å². The number of halogens is 1. The third-order valence-electron chi connectivity index (χ3n) is 5.80. The van der Waals surface area contributed by atoms with Crippen molar-refractivity contribution in [2.75, 3.05) is 7.11 Å². The molecule has 0 radical (unpaired) electrons. The molecule has 1 N–H and O–H groups in total. The summed E-state index contributed by atoms with van der Waals surface area (Å²) in [5.41, 5.74) is 3.29. The van der Waals surface area contributed by atoms with Gasteiger partial charge in [0.05, 0.1) is 24.3 Å². The molecule has 0 aliphatic carbocycles. The van der Waals surface area contributed by atoms with E-state index >= 15 is 0 Å². The third-order valence-corrected chi connectivity index (χ3v) is 5.80. The van der Waals surface area contributed by atoms with Crippen LogP contribution in [0.1, 0.15) is 33.9 Å². The van der Waals surface area contributed by atoms with E-state index in [-0.39, 0.29) is 23.4 Å². The summed E-state index contributed by atoms with van der Waals surface area (Å²) in [4.78, 5) is 31.9.